The van der Waals surface area contributed by atoms with Gasteiger partial charge in [-0.05, 0) is 115 Å². The van der Waals surface area contributed by atoms with Crippen LogP contribution in [0.3, 0.4) is 0 Å². The van der Waals surface area contributed by atoms with Crippen molar-refractivity contribution in [2.75, 3.05) is 4.90 Å². The molecule has 0 fully saturated rings. The van der Waals surface area contributed by atoms with Gasteiger partial charge in [-0.15, -0.1) is 11.3 Å². The van der Waals surface area contributed by atoms with Gasteiger partial charge >= 0.3 is 0 Å². The van der Waals surface area contributed by atoms with Gasteiger partial charge in [-0.25, -0.2) is 0 Å². The highest BCUT2D eigenvalue weighted by Crippen LogP contribution is 2.48. The molecule has 0 saturated heterocycles. The molecule has 1 heterocycles. The van der Waals surface area contributed by atoms with Gasteiger partial charge in [0.2, 0.25) is 0 Å². The Morgan fingerprint density at radius 1 is 0.368 bits per heavy atom. The van der Waals surface area contributed by atoms with Gasteiger partial charge in [0.25, 0.3) is 0 Å². The van der Waals surface area contributed by atoms with Crippen LogP contribution in [0.5, 0.6) is 0 Å². The summed E-state index contributed by atoms with van der Waals surface area (Å²) >= 11 is 1.87. The summed E-state index contributed by atoms with van der Waals surface area (Å²) in [6.45, 7) is 2.21. The van der Waals surface area contributed by atoms with Crippen molar-refractivity contribution in [3.63, 3.8) is 0 Å². The van der Waals surface area contributed by atoms with E-state index >= 15 is 0 Å². The minimum atomic E-state index is 1.11. The molecule has 0 spiro atoms. The van der Waals surface area contributed by atoms with E-state index in [1.807, 2.05) is 11.3 Å². The lowest BCUT2D eigenvalue weighted by Gasteiger charge is -2.28. The Morgan fingerprint density at radius 3 is 1.77 bits per heavy atom. The molecule has 0 radical (unpaired) electrons. The van der Waals surface area contributed by atoms with E-state index in [4.69, 9.17) is 0 Å². The zero-order chi connectivity index (χ0) is 37.9. The van der Waals surface area contributed by atoms with E-state index in [1.54, 1.807) is 0 Å². The van der Waals surface area contributed by atoms with Crippen molar-refractivity contribution in [1.29, 1.82) is 0 Å². The van der Waals surface area contributed by atoms with Crippen molar-refractivity contribution >= 4 is 80.9 Å². The van der Waals surface area contributed by atoms with E-state index in [0.717, 1.165) is 11.4 Å². The highest BCUT2D eigenvalue weighted by molar-refractivity contribution is 7.26. The monoisotopic (exact) mass is 743 g/mol. The second kappa shape index (κ2) is 13.6. The lowest BCUT2D eigenvalue weighted by atomic mass is 9.91. The Morgan fingerprint density at radius 2 is 0.982 bits per heavy atom. The average molecular weight is 744 g/mol. The van der Waals surface area contributed by atoms with Crippen LogP contribution in [0.4, 0.5) is 17.1 Å². The third-order valence-electron chi connectivity index (χ3n) is 11.6. The minimum Gasteiger partial charge on any atom is -0.309 e. The van der Waals surface area contributed by atoms with E-state index in [9.17, 15) is 0 Å². The second-order valence-electron chi connectivity index (χ2n) is 14.9. The highest BCUT2D eigenvalue weighted by Gasteiger charge is 2.21. The molecule has 0 amide bonds. The summed E-state index contributed by atoms with van der Waals surface area (Å²) in [5.74, 6) is 0. The molecule has 11 aromatic rings. The van der Waals surface area contributed by atoms with Crippen LogP contribution < -0.4 is 4.90 Å². The fraction of sp³-hybridized carbons (Fsp3) is 0.0182. The molecule has 0 aliphatic heterocycles. The lowest BCUT2D eigenvalue weighted by molar-refractivity contribution is 1.31. The Hall–Kier alpha value is -7.00. The summed E-state index contributed by atoms with van der Waals surface area (Å²) < 4.78 is 2.57. The van der Waals surface area contributed by atoms with Gasteiger partial charge in [0.15, 0.2) is 0 Å². The van der Waals surface area contributed by atoms with Crippen molar-refractivity contribution in [3.05, 3.63) is 212 Å². The second-order valence-corrected chi connectivity index (χ2v) is 16.0. The van der Waals surface area contributed by atoms with Gasteiger partial charge in [-0.2, -0.15) is 0 Å². The Kier molecular flexibility index (Phi) is 7.98. The van der Waals surface area contributed by atoms with E-state index in [-0.39, 0.29) is 0 Å². The number of hydrogen-bond donors (Lipinski definition) is 0. The molecule has 0 aliphatic carbocycles. The van der Waals surface area contributed by atoms with Crippen LogP contribution in [0.25, 0.3) is 85.9 Å². The quantitative estimate of drug-likeness (QED) is 0.164. The molecular weight excluding hydrogens is 707 g/mol. The average Bonchev–Trinajstić information content (AvgIpc) is 3.66. The number of rotatable bonds is 6. The third-order valence-corrected chi connectivity index (χ3v) is 12.8. The molecule has 1 nitrogen and oxygen atoms in total. The standard InChI is InChI=1S/C55H37NS/c1-36-28-33-48(47-21-8-7-19-43(36)47)51-35-42(34-40-16-5-6-20-44(40)51)56(52-26-13-25-50-49-22-9-10-27-53(49)57-55(50)52)41-31-29-38(30-32-41)46-24-12-18-39-17-11-23-45(54(39)46)37-14-3-2-4-15-37/h2-35H,1H3. The number of anilines is 3. The summed E-state index contributed by atoms with van der Waals surface area (Å²) in [5.41, 5.74) is 12.1. The fourth-order valence-electron chi connectivity index (χ4n) is 8.90. The van der Waals surface area contributed by atoms with Crippen molar-refractivity contribution in [3.8, 4) is 33.4 Å². The first-order valence-electron chi connectivity index (χ1n) is 19.6. The van der Waals surface area contributed by atoms with Gasteiger partial charge < -0.3 is 4.90 Å². The van der Waals surface area contributed by atoms with E-state index in [1.165, 1.54) is 97.1 Å². The van der Waals surface area contributed by atoms with E-state index in [0.29, 0.717) is 0 Å². The topological polar surface area (TPSA) is 3.24 Å². The largest absolute Gasteiger partial charge is 0.309 e. The molecule has 0 bridgehead atoms. The maximum atomic E-state index is 2.48. The molecule has 11 rings (SSSR count). The Bertz CT molecular complexity index is 3300. The first kappa shape index (κ1) is 33.3. The molecule has 0 unspecified atom stereocenters. The number of aryl methyl sites for hydroxylation is 1. The lowest BCUT2D eigenvalue weighted by Crippen LogP contribution is -2.10. The van der Waals surface area contributed by atoms with Crippen LogP contribution in [0, 0.1) is 6.92 Å². The Balaban J connectivity index is 1.15. The maximum Gasteiger partial charge on any atom is 0.0640 e. The van der Waals surface area contributed by atoms with Crippen LogP contribution in [0.2, 0.25) is 0 Å². The summed E-state index contributed by atoms with van der Waals surface area (Å²) in [6.07, 6.45) is 0. The molecule has 0 atom stereocenters. The van der Waals surface area contributed by atoms with Gasteiger partial charge in [0.1, 0.15) is 0 Å². The molecule has 0 N–H and O–H groups in total. The highest BCUT2D eigenvalue weighted by atomic mass is 32.1. The van der Waals surface area contributed by atoms with Crippen LogP contribution in [0.15, 0.2) is 206 Å². The van der Waals surface area contributed by atoms with Gasteiger partial charge in [-0.1, -0.05) is 170 Å². The number of fused-ring (bicyclic) bond motifs is 6. The molecule has 10 aromatic carbocycles. The molecular formula is C55H37NS. The first-order chi connectivity index (χ1) is 28.2. The van der Waals surface area contributed by atoms with Crippen LogP contribution in [-0.4, -0.2) is 0 Å². The van der Waals surface area contributed by atoms with Crippen LogP contribution >= 0.6 is 11.3 Å². The predicted octanol–water partition coefficient (Wildman–Crippen LogP) is 16.3. The number of hydrogen-bond acceptors (Lipinski definition) is 2. The smallest absolute Gasteiger partial charge is 0.0640 e. The maximum absolute atomic E-state index is 2.48. The molecule has 2 heteroatoms. The summed E-state index contributed by atoms with van der Waals surface area (Å²) in [5, 5.41) is 10.1. The summed E-state index contributed by atoms with van der Waals surface area (Å²) in [4.78, 5) is 2.48. The van der Waals surface area contributed by atoms with Gasteiger partial charge in [0.05, 0.1) is 10.4 Å². The van der Waals surface area contributed by atoms with E-state index in [2.05, 4.69) is 218 Å². The van der Waals surface area contributed by atoms with Crippen LogP contribution in [-0.2, 0) is 0 Å². The SMILES string of the molecule is Cc1ccc(-c2cc(N(c3ccc(-c4cccc5cccc(-c6ccccc6)c45)cc3)c3cccc4c3sc3ccccc34)cc3ccccc23)c2ccccc12. The zero-order valence-corrected chi connectivity index (χ0v) is 32.3. The molecule has 0 saturated carbocycles. The normalized spacial score (nSPS) is 11.6. The summed E-state index contributed by atoms with van der Waals surface area (Å²) in [7, 11) is 0. The van der Waals surface area contributed by atoms with E-state index < -0.39 is 0 Å². The zero-order valence-electron chi connectivity index (χ0n) is 31.5. The Labute approximate surface area is 336 Å². The molecule has 0 aliphatic rings. The van der Waals surface area contributed by atoms with Gasteiger partial charge in [0, 0.05) is 26.8 Å². The van der Waals surface area contributed by atoms with Crippen molar-refractivity contribution < 1.29 is 0 Å². The van der Waals surface area contributed by atoms with Crippen molar-refractivity contribution in [2.24, 2.45) is 0 Å². The minimum absolute atomic E-state index is 1.11. The first-order valence-corrected chi connectivity index (χ1v) is 20.4. The molecule has 57 heavy (non-hydrogen) atoms. The number of benzene rings is 10. The summed E-state index contributed by atoms with van der Waals surface area (Å²) in [6, 6.07) is 75.9. The third kappa shape index (κ3) is 5.60. The fourth-order valence-corrected chi connectivity index (χ4v) is 10.1. The molecule has 268 valence electrons. The number of thiophene rings is 1. The van der Waals surface area contributed by atoms with Crippen LogP contribution in [0.1, 0.15) is 5.56 Å². The number of nitrogens with zero attached hydrogens (tertiary/aromatic N) is 1. The predicted molar refractivity (Wildman–Crippen MR) is 248 cm³/mol. The van der Waals surface area contributed by atoms with Crippen molar-refractivity contribution in [2.45, 2.75) is 6.92 Å². The van der Waals surface area contributed by atoms with Crippen molar-refractivity contribution in [1.82, 2.24) is 0 Å². The van der Waals surface area contributed by atoms with Gasteiger partial charge in [-0.3, -0.25) is 0 Å². The molecule has 1 aromatic heterocycles.